The summed E-state index contributed by atoms with van der Waals surface area (Å²) in [6.07, 6.45) is 5.64. The molecule has 1 heterocycles. The van der Waals surface area contributed by atoms with Crippen molar-refractivity contribution in [3.63, 3.8) is 0 Å². The van der Waals surface area contributed by atoms with Crippen molar-refractivity contribution < 1.29 is 19.5 Å². The van der Waals surface area contributed by atoms with Gasteiger partial charge in [0.1, 0.15) is 6.04 Å². The number of carboxylic acid groups (broad SMARTS) is 1. The quantitative estimate of drug-likeness (QED) is 0.868. The highest BCUT2D eigenvalue weighted by Gasteiger charge is 2.56. The Hall–Kier alpha value is -2.37. The molecular formula is C20H24N2O4. The zero-order chi connectivity index (χ0) is 18.3. The van der Waals surface area contributed by atoms with Crippen molar-refractivity contribution in [2.75, 3.05) is 11.9 Å². The Kier molecular flexibility index (Phi) is 4.42. The third-order valence-corrected chi connectivity index (χ3v) is 6.14. The van der Waals surface area contributed by atoms with E-state index >= 15 is 0 Å². The maximum atomic E-state index is 12.8. The second-order valence-electron chi connectivity index (χ2n) is 7.70. The Morgan fingerprint density at radius 2 is 1.81 bits per heavy atom. The van der Waals surface area contributed by atoms with E-state index in [2.05, 4.69) is 5.32 Å². The molecule has 2 aliphatic carbocycles. The van der Waals surface area contributed by atoms with Crippen LogP contribution in [0, 0.1) is 17.8 Å². The van der Waals surface area contributed by atoms with Crippen LogP contribution in [-0.4, -0.2) is 40.4 Å². The molecule has 2 amide bonds. The first-order valence-electron chi connectivity index (χ1n) is 9.51. The summed E-state index contributed by atoms with van der Waals surface area (Å²) in [5.74, 6) is 0.0283. The first kappa shape index (κ1) is 17.1. The molecule has 3 fully saturated rings. The molecule has 3 unspecified atom stereocenters. The molecule has 1 aromatic carbocycles. The van der Waals surface area contributed by atoms with Crippen molar-refractivity contribution in [1.29, 1.82) is 0 Å². The highest BCUT2D eigenvalue weighted by Crippen LogP contribution is 2.57. The molecule has 0 radical (unpaired) electrons. The Labute approximate surface area is 152 Å². The molecule has 3 aliphatic rings. The van der Waals surface area contributed by atoms with Crippen LogP contribution in [0.25, 0.3) is 0 Å². The summed E-state index contributed by atoms with van der Waals surface area (Å²) in [6, 6.07) is 6.08. The number of piperidine rings is 1. The van der Waals surface area contributed by atoms with E-state index in [1.807, 2.05) is 0 Å². The highest BCUT2D eigenvalue weighted by molar-refractivity contribution is 5.99. The molecule has 0 aromatic heterocycles. The minimum atomic E-state index is -0.956. The van der Waals surface area contributed by atoms with Crippen molar-refractivity contribution in [3.8, 4) is 0 Å². The predicted molar refractivity (Wildman–Crippen MR) is 95.7 cm³/mol. The summed E-state index contributed by atoms with van der Waals surface area (Å²) in [5, 5.41) is 12.3. The van der Waals surface area contributed by atoms with Gasteiger partial charge in [0.2, 0.25) is 5.91 Å². The monoisotopic (exact) mass is 356 g/mol. The first-order chi connectivity index (χ1) is 12.6. The van der Waals surface area contributed by atoms with E-state index in [4.69, 9.17) is 0 Å². The topological polar surface area (TPSA) is 86.7 Å². The Morgan fingerprint density at radius 3 is 2.54 bits per heavy atom. The molecule has 1 aliphatic heterocycles. The number of amides is 2. The Balaban J connectivity index is 1.45. The van der Waals surface area contributed by atoms with E-state index in [9.17, 15) is 19.5 Å². The molecule has 0 bridgehead atoms. The fourth-order valence-electron chi connectivity index (χ4n) is 4.76. The number of nitrogens with one attached hydrogen (secondary N) is 1. The zero-order valence-corrected chi connectivity index (χ0v) is 14.7. The van der Waals surface area contributed by atoms with E-state index < -0.39 is 12.0 Å². The average Bonchev–Trinajstić information content (AvgIpc) is 3.14. The van der Waals surface area contributed by atoms with Crippen molar-refractivity contribution in [2.45, 2.75) is 44.6 Å². The van der Waals surface area contributed by atoms with Gasteiger partial charge in [-0.3, -0.25) is 9.59 Å². The maximum absolute atomic E-state index is 12.8. The third-order valence-electron chi connectivity index (χ3n) is 6.14. The van der Waals surface area contributed by atoms with Crippen LogP contribution in [0.15, 0.2) is 24.3 Å². The number of carbonyl (C=O) groups excluding carboxylic acids is 2. The van der Waals surface area contributed by atoms with E-state index in [0.29, 0.717) is 36.1 Å². The van der Waals surface area contributed by atoms with E-state index in [1.54, 1.807) is 24.3 Å². The van der Waals surface area contributed by atoms with Crippen LogP contribution in [-0.2, 0) is 9.59 Å². The summed E-state index contributed by atoms with van der Waals surface area (Å²) in [5.41, 5.74) is 1.03. The van der Waals surface area contributed by atoms with Crippen molar-refractivity contribution in [3.05, 3.63) is 29.8 Å². The number of nitrogens with zero attached hydrogens (tertiary/aromatic N) is 1. The lowest BCUT2D eigenvalue weighted by atomic mass is 10.0. The van der Waals surface area contributed by atoms with Gasteiger partial charge in [0, 0.05) is 23.7 Å². The Morgan fingerprint density at radius 1 is 1.04 bits per heavy atom. The second-order valence-corrected chi connectivity index (χ2v) is 7.70. The fraction of sp³-hybridized carbons (Fsp3) is 0.550. The van der Waals surface area contributed by atoms with Gasteiger partial charge in [0.05, 0.1) is 0 Å². The Bertz CT molecular complexity index is 737. The number of hydrogen-bond acceptors (Lipinski definition) is 3. The number of hydrogen-bond donors (Lipinski definition) is 2. The minimum Gasteiger partial charge on any atom is -0.480 e. The summed E-state index contributed by atoms with van der Waals surface area (Å²) in [4.78, 5) is 38.1. The number of benzene rings is 1. The van der Waals surface area contributed by atoms with Crippen LogP contribution < -0.4 is 5.32 Å². The summed E-state index contributed by atoms with van der Waals surface area (Å²) in [6.45, 7) is 0.456. The SMILES string of the molecule is O=C(Nc1cccc(C(=O)N2CCCCC2C(=O)O)c1)C1C2CCCC21. The van der Waals surface area contributed by atoms with Crippen molar-refractivity contribution >= 4 is 23.5 Å². The van der Waals surface area contributed by atoms with Crippen LogP contribution in [0.1, 0.15) is 48.9 Å². The van der Waals surface area contributed by atoms with Crippen LogP contribution in [0.4, 0.5) is 5.69 Å². The molecular weight excluding hydrogens is 332 g/mol. The molecule has 6 nitrogen and oxygen atoms in total. The average molecular weight is 356 g/mol. The zero-order valence-electron chi connectivity index (χ0n) is 14.7. The van der Waals surface area contributed by atoms with E-state index in [1.165, 1.54) is 11.3 Å². The number of likely N-dealkylation sites (tertiary alicyclic amines) is 1. The molecule has 4 rings (SSSR count). The molecule has 26 heavy (non-hydrogen) atoms. The molecule has 0 spiro atoms. The number of rotatable bonds is 4. The predicted octanol–water partition coefficient (Wildman–Crippen LogP) is 2.75. The van der Waals surface area contributed by atoms with E-state index in [-0.39, 0.29) is 17.7 Å². The van der Waals surface area contributed by atoms with Gasteiger partial charge in [0.25, 0.3) is 5.91 Å². The number of anilines is 1. The molecule has 2 N–H and O–H groups in total. The third kappa shape index (κ3) is 3.08. The van der Waals surface area contributed by atoms with Crippen molar-refractivity contribution in [2.24, 2.45) is 17.8 Å². The number of fused-ring (bicyclic) bond motifs is 1. The molecule has 6 heteroatoms. The molecule has 1 saturated heterocycles. The van der Waals surface area contributed by atoms with Crippen LogP contribution in [0.3, 0.4) is 0 Å². The minimum absolute atomic E-state index is 0.0469. The summed E-state index contributed by atoms with van der Waals surface area (Å²) in [7, 11) is 0. The maximum Gasteiger partial charge on any atom is 0.326 e. The normalized spacial score (nSPS) is 29.8. The number of aliphatic carboxylic acids is 1. The lowest BCUT2D eigenvalue weighted by molar-refractivity contribution is -0.143. The molecule has 3 atom stereocenters. The van der Waals surface area contributed by atoms with Gasteiger partial charge >= 0.3 is 5.97 Å². The standard InChI is InChI=1S/C20H24N2O4/c23-18(17-14-7-4-8-15(14)17)21-13-6-3-5-12(11-13)19(24)22-10-2-1-9-16(22)20(25)26/h3,5-6,11,14-17H,1-2,4,7-10H2,(H,21,23)(H,25,26). The fourth-order valence-corrected chi connectivity index (χ4v) is 4.76. The number of carbonyl (C=O) groups is 3. The van der Waals surface area contributed by atoms with Crippen molar-refractivity contribution in [1.82, 2.24) is 4.90 Å². The van der Waals surface area contributed by atoms with Gasteiger partial charge in [-0.1, -0.05) is 12.5 Å². The van der Waals surface area contributed by atoms with Crippen LogP contribution in [0.5, 0.6) is 0 Å². The lowest BCUT2D eigenvalue weighted by Crippen LogP contribution is -2.48. The largest absolute Gasteiger partial charge is 0.480 e. The van der Waals surface area contributed by atoms with Gasteiger partial charge in [-0.15, -0.1) is 0 Å². The summed E-state index contributed by atoms with van der Waals surface area (Å²) >= 11 is 0. The van der Waals surface area contributed by atoms with Gasteiger partial charge in [-0.2, -0.15) is 0 Å². The van der Waals surface area contributed by atoms with Gasteiger partial charge < -0.3 is 15.3 Å². The molecule has 2 saturated carbocycles. The van der Waals surface area contributed by atoms with Gasteiger partial charge in [-0.25, -0.2) is 4.79 Å². The summed E-state index contributed by atoms with van der Waals surface area (Å²) < 4.78 is 0. The number of carboxylic acids is 1. The highest BCUT2D eigenvalue weighted by atomic mass is 16.4. The smallest absolute Gasteiger partial charge is 0.326 e. The van der Waals surface area contributed by atoms with E-state index in [0.717, 1.165) is 25.7 Å². The van der Waals surface area contributed by atoms with Crippen LogP contribution >= 0.6 is 0 Å². The molecule has 138 valence electrons. The van der Waals surface area contributed by atoms with Gasteiger partial charge in [-0.05, 0) is 62.1 Å². The second kappa shape index (κ2) is 6.74. The lowest BCUT2D eigenvalue weighted by Gasteiger charge is -2.33. The van der Waals surface area contributed by atoms with Gasteiger partial charge in [0.15, 0.2) is 0 Å². The first-order valence-corrected chi connectivity index (χ1v) is 9.51. The van der Waals surface area contributed by atoms with Crippen LogP contribution in [0.2, 0.25) is 0 Å². The molecule has 1 aromatic rings.